The minimum Gasteiger partial charge on any atom is -0.321 e. The van der Waals surface area contributed by atoms with Crippen LogP contribution in [0.15, 0.2) is 6.33 Å². The van der Waals surface area contributed by atoms with E-state index in [1.165, 1.54) is 14.1 Å². The van der Waals surface area contributed by atoms with Crippen LogP contribution < -0.4 is 5.73 Å². The summed E-state index contributed by atoms with van der Waals surface area (Å²) in [7, 11) is -0.730. The molecule has 1 atom stereocenters. The van der Waals surface area contributed by atoms with E-state index in [4.69, 9.17) is 5.73 Å². The molecule has 1 heterocycles. The molecule has 7 nitrogen and oxygen atoms in total. The third kappa shape index (κ3) is 2.91. The van der Waals surface area contributed by atoms with E-state index in [9.17, 15) is 8.42 Å². The topological polar surface area (TPSA) is 94.1 Å². The van der Waals surface area contributed by atoms with E-state index in [2.05, 4.69) is 10.1 Å². The molecule has 0 amide bonds. The number of hydrogen-bond donors (Lipinski definition) is 1. The highest BCUT2D eigenvalue weighted by atomic mass is 32.2. The van der Waals surface area contributed by atoms with Gasteiger partial charge in [0, 0.05) is 14.1 Å². The van der Waals surface area contributed by atoms with E-state index < -0.39 is 10.2 Å². The van der Waals surface area contributed by atoms with Gasteiger partial charge in [0.05, 0.1) is 6.04 Å². The molecule has 0 aliphatic rings. The molecular weight excluding hydrogens is 238 g/mol. The van der Waals surface area contributed by atoms with Crippen LogP contribution in [-0.4, -0.2) is 41.0 Å². The summed E-state index contributed by atoms with van der Waals surface area (Å²) in [5.74, 6) is 0.301. The minimum atomic E-state index is -3.57. The van der Waals surface area contributed by atoms with Gasteiger partial charge in [-0.25, -0.2) is 4.98 Å². The standard InChI is InChI=1S/C6H13N5O2S.H2S/c1-5(7)6-8-4-11(9-6)14(12,13)10(2)3;/h4-5H,7H2,1-3H3;1H2/t5-;/m0./s1. The fourth-order valence-corrected chi connectivity index (χ4v) is 1.44. The Morgan fingerprint density at radius 1 is 1.53 bits per heavy atom. The summed E-state index contributed by atoms with van der Waals surface area (Å²) >= 11 is 0. The van der Waals surface area contributed by atoms with Gasteiger partial charge >= 0.3 is 10.2 Å². The molecule has 0 radical (unpaired) electrons. The predicted molar refractivity (Wildman–Crippen MR) is 61.0 cm³/mol. The molecule has 1 rings (SSSR count). The van der Waals surface area contributed by atoms with Gasteiger partial charge in [-0.3, -0.25) is 0 Å². The third-order valence-corrected chi connectivity index (χ3v) is 3.17. The smallest absolute Gasteiger partial charge is 0.321 e. The average molecular weight is 253 g/mol. The number of aromatic nitrogens is 3. The Hall–Kier alpha value is -0.640. The Morgan fingerprint density at radius 2 is 2.07 bits per heavy atom. The summed E-state index contributed by atoms with van der Waals surface area (Å²) in [6.07, 6.45) is 1.13. The van der Waals surface area contributed by atoms with Crippen molar-refractivity contribution in [2.75, 3.05) is 14.1 Å². The number of hydrogen-bond acceptors (Lipinski definition) is 5. The van der Waals surface area contributed by atoms with Crippen LogP contribution in [0.25, 0.3) is 0 Å². The molecule has 9 heteroatoms. The van der Waals surface area contributed by atoms with Crippen LogP contribution >= 0.6 is 13.5 Å². The quantitative estimate of drug-likeness (QED) is 0.750. The average Bonchev–Trinajstić information content (AvgIpc) is 2.51. The third-order valence-electron chi connectivity index (χ3n) is 1.59. The maximum atomic E-state index is 11.5. The van der Waals surface area contributed by atoms with Crippen molar-refractivity contribution in [2.24, 2.45) is 5.73 Å². The molecule has 0 aromatic carbocycles. The molecule has 1 aromatic heterocycles. The Balaban J connectivity index is 0.00000196. The summed E-state index contributed by atoms with van der Waals surface area (Å²) < 4.78 is 24.9. The monoisotopic (exact) mass is 253 g/mol. The second kappa shape index (κ2) is 4.92. The zero-order valence-corrected chi connectivity index (χ0v) is 10.6. The second-order valence-electron chi connectivity index (χ2n) is 3.05. The maximum absolute atomic E-state index is 11.5. The highest BCUT2D eigenvalue weighted by Gasteiger charge is 2.18. The molecule has 88 valence electrons. The fourth-order valence-electron chi connectivity index (χ4n) is 0.748. The lowest BCUT2D eigenvalue weighted by Crippen LogP contribution is -2.29. The van der Waals surface area contributed by atoms with Gasteiger partial charge in [-0.1, -0.05) is 0 Å². The molecule has 0 saturated heterocycles. The van der Waals surface area contributed by atoms with Crippen LogP contribution in [0.3, 0.4) is 0 Å². The molecule has 2 N–H and O–H groups in total. The van der Waals surface area contributed by atoms with Crippen molar-refractivity contribution in [3.63, 3.8) is 0 Å². The number of nitrogens with two attached hydrogens (primary N) is 1. The van der Waals surface area contributed by atoms with E-state index in [1.54, 1.807) is 6.92 Å². The molecule has 0 aliphatic carbocycles. The van der Waals surface area contributed by atoms with Gasteiger partial charge < -0.3 is 5.73 Å². The summed E-state index contributed by atoms with van der Waals surface area (Å²) in [4.78, 5) is 3.79. The van der Waals surface area contributed by atoms with E-state index in [0.717, 1.165) is 14.7 Å². The Kier molecular flexibility index (Phi) is 4.71. The van der Waals surface area contributed by atoms with Gasteiger partial charge in [0.25, 0.3) is 0 Å². The summed E-state index contributed by atoms with van der Waals surface area (Å²) in [5.41, 5.74) is 5.50. The van der Waals surface area contributed by atoms with Crippen molar-refractivity contribution in [3.8, 4) is 0 Å². The number of nitrogens with zero attached hydrogens (tertiary/aromatic N) is 4. The van der Waals surface area contributed by atoms with Gasteiger partial charge in [0.2, 0.25) is 0 Å². The highest BCUT2D eigenvalue weighted by molar-refractivity contribution is 7.87. The Labute approximate surface area is 95.9 Å². The molecule has 1 aromatic rings. The van der Waals surface area contributed by atoms with Crippen molar-refractivity contribution in [1.29, 1.82) is 0 Å². The van der Waals surface area contributed by atoms with Crippen molar-refractivity contribution in [2.45, 2.75) is 13.0 Å². The van der Waals surface area contributed by atoms with Crippen molar-refractivity contribution >= 4 is 23.7 Å². The van der Waals surface area contributed by atoms with Crippen LogP contribution in [0.4, 0.5) is 0 Å². The molecule has 0 saturated carbocycles. The summed E-state index contributed by atoms with van der Waals surface area (Å²) in [6, 6.07) is -0.381. The Bertz CT molecular complexity index is 411. The molecule has 0 unspecified atom stereocenters. The van der Waals surface area contributed by atoms with Crippen LogP contribution in [0.2, 0.25) is 0 Å². The fraction of sp³-hybridized carbons (Fsp3) is 0.667. The first kappa shape index (κ1) is 14.4. The zero-order chi connectivity index (χ0) is 10.9. The molecule has 0 fully saturated rings. The largest absolute Gasteiger partial charge is 0.323 e. The first-order valence-electron chi connectivity index (χ1n) is 3.96. The van der Waals surface area contributed by atoms with E-state index in [0.29, 0.717) is 5.82 Å². The second-order valence-corrected chi connectivity index (χ2v) is 5.05. The van der Waals surface area contributed by atoms with Gasteiger partial charge in [-0.15, -0.1) is 9.19 Å². The zero-order valence-electron chi connectivity index (χ0n) is 8.75. The van der Waals surface area contributed by atoms with Gasteiger partial charge in [-0.05, 0) is 6.92 Å². The van der Waals surface area contributed by atoms with Gasteiger partial charge in [0.1, 0.15) is 6.33 Å². The summed E-state index contributed by atoms with van der Waals surface area (Å²) in [6.45, 7) is 1.68. The molecular formula is C6H15N5O2S2. The first-order valence-corrected chi connectivity index (χ1v) is 5.35. The highest BCUT2D eigenvalue weighted by Crippen LogP contribution is 2.04. The van der Waals surface area contributed by atoms with E-state index in [-0.39, 0.29) is 19.5 Å². The molecule has 0 spiro atoms. The lowest BCUT2D eigenvalue weighted by Gasteiger charge is -2.09. The maximum Gasteiger partial charge on any atom is 0.323 e. The van der Waals surface area contributed by atoms with Crippen molar-refractivity contribution in [3.05, 3.63) is 12.2 Å². The summed E-state index contributed by atoms with van der Waals surface area (Å²) in [5, 5.41) is 3.75. The predicted octanol–water partition coefficient (Wildman–Crippen LogP) is -0.935. The van der Waals surface area contributed by atoms with Crippen LogP contribution in [-0.2, 0) is 10.2 Å². The van der Waals surface area contributed by atoms with Crippen LogP contribution in [0, 0.1) is 0 Å². The Morgan fingerprint density at radius 3 is 2.40 bits per heavy atom. The first-order chi connectivity index (χ1) is 6.35. The van der Waals surface area contributed by atoms with E-state index >= 15 is 0 Å². The van der Waals surface area contributed by atoms with Crippen molar-refractivity contribution in [1.82, 2.24) is 18.5 Å². The lowest BCUT2D eigenvalue weighted by molar-refractivity contribution is 0.502. The van der Waals surface area contributed by atoms with Crippen LogP contribution in [0.1, 0.15) is 18.8 Å². The molecule has 15 heavy (non-hydrogen) atoms. The van der Waals surface area contributed by atoms with E-state index in [1.807, 2.05) is 0 Å². The lowest BCUT2D eigenvalue weighted by atomic mass is 10.4. The van der Waals surface area contributed by atoms with Gasteiger partial charge in [-0.2, -0.15) is 26.2 Å². The molecule has 0 bridgehead atoms. The molecule has 0 aliphatic heterocycles. The normalized spacial score (nSPS) is 13.7. The van der Waals surface area contributed by atoms with Crippen LogP contribution in [0.5, 0.6) is 0 Å². The van der Waals surface area contributed by atoms with Crippen molar-refractivity contribution < 1.29 is 8.42 Å². The number of rotatable bonds is 3. The van der Waals surface area contributed by atoms with Gasteiger partial charge in [0.15, 0.2) is 5.82 Å². The SMILES string of the molecule is C[C@H](N)c1ncn(S(=O)(=O)N(C)C)n1.S. The minimum absolute atomic E-state index is 0.